The van der Waals surface area contributed by atoms with Crippen molar-refractivity contribution < 1.29 is 48.0 Å². The fourth-order valence-corrected chi connectivity index (χ4v) is 2.90. The van der Waals surface area contributed by atoms with E-state index in [0.29, 0.717) is 58.3 Å². The van der Waals surface area contributed by atoms with Crippen LogP contribution in [0, 0.1) is 5.92 Å². The second-order valence-electron chi connectivity index (χ2n) is 8.81. The van der Waals surface area contributed by atoms with E-state index < -0.39 is 18.0 Å². The van der Waals surface area contributed by atoms with Crippen molar-refractivity contribution in [1.82, 2.24) is 0 Å². The maximum absolute atomic E-state index is 11.8. The lowest BCUT2D eigenvalue weighted by Gasteiger charge is -2.12. The number of esters is 4. The number of unbranched alkanes of at least 4 members (excludes halogenated alkanes) is 5. The van der Waals surface area contributed by atoms with Crippen molar-refractivity contribution in [2.45, 2.75) is 90.6 Å². The van der Waals surface area contributed by atoms with Crippen LogP contribution in [0.1, 0.15) is 84.5 Å². The molecule has 0 aliphatic heterocycles. The summed E-state index contributed by atoms with van der Waals surface area (Å²) in [5.41, 5.74) is 0. The van der Waals surface area contributed by atoms with Crippen LogP contribution in [0.15, 0.2) is 12.7 Å². The maximum Gasteiger partial charge on any atom is 0.330 e. The summed E-state index contributed by atoms with van der Waals surface area (Å²) in [5, 5.41) is 9.80. The predicted octanol–water partition coefficient (Wildman–Crippen LogP) is 3.67. The molecule has 0 bridgehead atoms. The molecule has 0 aliphatic rings. The molecule has 2 unspecified atom stereocenters. The Balaban J connectivity index is 3.50. The van der Waals surface area contributed by atoms with E-state index in [9.17, 15) is 24.3 Å². The number of aliphatic hydroxyl groups excluding tert-OH is 1. The number of carbonyl (C=O) groups excluding carboxylic acids is 4. The molecular weight excluding hydrogens is 484 g/mol. The van der Waals surface area contributed by atoms with Gasteiger partial charge in [0.15, 0.2) is 0 Å². The zero-order valence-electron chi connectivity index (χ0n) is 22.6. The highest BCUT2D eigenvalue weighted by Crippen LogP contribution is 2.07. The fraction of sp³-hybridized carbons (Fsp3) is 0.778. The van der Waals surface area contributed by atoms with E-state index in [2.05, 4.69) is 6.58 Å². The first kappa shape index (κ1) is 34.5. The number of hydrogen-bond donors (Lipinski definition) is 1. The molecule has 2 atom stereocenters. The van der Waals surface area contributed by atoms with Crippen LogP contribution < -0.4 is 0 Å². The summed E-state index contributed by atoms with van der Waals surface area (Å²) in [7, 11) is 0. The molecule has 0 saturated carbocycles. The average Bonchev–Trinajstić information content (AvgIpc) is 2.89. The molecule has 0 radical (unpaired) electrons. The van der Waals surface area contributed by atoms with Gasteiger partial charge in [0, 0.05) is 25.5 Å². The highest BCUT2D eigenvalue weighted by molar-refractivity contribution is 5.81. The minimum absolute atomic E-state index is 0.0524. The quantitative estimate of drug-likeness (QED) is 0.0852. The summed E-state index contributed by atoms with van der Waals surface area (Å²) >= 11 is 0. The van der Waals surface area contributed by atoms with Gasteiger partial charge in [-0.1, -0.05) is 20.4 Å². The molecule has 0 saturated heterocycles. The molecule has 0 aromatic carbocycles. The van der Waals surface area contributed by atoms with Gasteiger partial charge in [0.1, 0.15) is 12.7 Å². The monoisotopic (exact) mass is 530 g/mol. The lowest BCUT2D eigenvalue weighted by molar-refractivity contribution is -0.148. The molecule has 0 heterocycles. The predicted molar refractivity (Wildman–Crippen MR) is 136 cm³/mol. The minimum atomic E-state index is -0.901. The van der Waals surface area contributed by atoms with Crippen LogP contribution in [-0.2, 0) is 42.9 Å². The lowest BCUT2D eigenvalue weighted by atomic mass is 10.1. The second kappa shape index (κ2) is 23.9. The Kier molecular flexibility index (Phi) is 22.3. The Hall–Kier alpha value is -2.46. The highest BCUT2D eigenvalue weighted by Gasteiger charge is 2.12. The van der Waals surface area contributed by atoms with Crippen molar-refractivity contribution in [3.05, 3.63) is 12.7 Å². The van der Waals surface area contributed by atoms with Crippen LogP contribution >= 0.6 is 0 Å². The first-order chi connectivity index (χ1) is 17.8. The van der Waals surface area contributed by atoms with E-state index in [1.807, 2.05) is 13.8 Å². The standard InChI is InChI=1S/C27H46O10/c1-4-22(3)27(32)36-19-11-7-8-14-25(30)35-17-10-6-9-15-26(31)37-21-23(28)20-33-16-12-13-18-34-24(29)5-2/h5,22-23,28H,2,4,6-21H2,1,3H3. The van der Waals surface area contributed by atoms with Crippen molar-refractivity contribution in [3.63, 3.8) is 0 Å². The number of hydrogen-bond acceptors (Lipinski definition) is 10. The smallest absolute Gasteiger partial charge is 0.330 e. The SMILES string of the molecule is C=CC(=O)OCCCCOCC(O)COC(=O)CCCCCOC(=O)CCCCCOC(=O)C(C)CC. The molecule has 0 aliphatic carbocycles. The molecule has 10 heteroatoms. The average molecular weight is 531 g/mol. The Bertz CT molecular complexity index is 649. The Morgan fingerprint density at radius 1 is 0.730 bits per heavy atom. The Labute approximate surface area is 221 Å². The Morgan fingerprint density at radius 2 is 1.27 bits per heavy atom. The van der Waals surface area contributed by atoms with E-state index in [1.165, 1.54) is 0 Å². The van der Waals surface area contributed by atoms with Crippen LogP contribution in [0.2, 0.25) is 0 Å². The van der Waals surface area contributed by atoms with Gasteiger partial charge >= 0.3 is 23.9 Å². The molecule has 214 valence electrons. The summed E-state index contributed by atoms with van der Waals surface area (Å²) in [5.74, 6) is -1.35. The molecule has 37 heavy (non-hydrogen) atoms. The molecule has 0 spiro atoms. The topological polar surface area (TPSA) is 135 Å². The van der Waals surface area contributed by atoms with Gasteiger partial charge in [0.05, 0.1) is 32.3 Å². The third kappa shape index (κ3) is 22.5. The summed E-state index contributed by atoms with van der Waals surface area (Å²) in [6, 6.07) is 0. The first-order valence-corrected chi connectivity index (χ1v) is 13.3. The molecule has 1 N–H and O–H groups in total. The van der Waals surface area contributed by atoms with Crippen molar-refractivity contribution in [1.29, 1.82) is 0 Å². The van der Waals surface area contributed by atoms with Gasteiger partial charge in [-0.3, -0.25) is 14.4 Å². The third-order valence-corrected chi connectivity index (χ3v) is 5.41. The number of ether oxygens (including phenoxy) is 5. The van der Waals surface area contributed by atoms with E-state index >= 15 is 0 Å². The molecule has 0 amide bonds. The molecular formula is C27H46O10. The van der Waals surface area contributed by atoms with Crippen molar-refractivity contribution >= 4 is 23.9 Å². The van der Waals surface area contributed by atoms with Gasteiger partial charge < -0.3 is 28.8 Å². The van der Waals surface area contributed by atoms with Gasteiger partial charge in [-0.05, 0) is 57.8 Å². The number of carbonyl (C=O) groups is 4. The molecule has 0 rings (SSSR count). The van der Waals surface area contributed by atoms with E-state index in [4.69, 9.17) is 23.7 Å². The molecule has 10 nitrogen and oxygen atoms in total. The van der Waals surface area contributed by atoms with Gasteiger partial charge in [-0.2, -0.15) is 0 Å². The third-order valence-electron chi connectivity index (χ3n) is 5.41. The highest BCUT2D eigenvalue weighted by atomic mass is 16.6. The summed E-state index contributed by atoms with van der Waals surface area (Å²) in [6.07, 6.45) is 7.04. The van der Waals surface area contributed by atoms with E-state index in [-0.39, 0.29) is 44.1 Å². The van der Waals surface area contributed by atoms with Gasteiger partial charge in [0.25, 0.3) is 0 Å². The minimum Gasteiger partial charge on any atom is -0.466 e. The second-order valence-corrected chi connectivity index (χ2v) is 8.81. The largest absolute Gasteiger partial charge is 0.466 e. The van der Waals surface area contributed by atoms with Gasteiger partial charge in [-0.25, -0.2) is 4.79 Å². The molecule has 0 aromatic rings. The van der Waals surface area contributed by atoms with Crippen LogP contribution in [0.3, 0.4) is 0 Å². The molecule has 0 aromatic heterocycles. The number of rotatable bonds is 24. The van der Waals surface area contributed by atoms with Gasteiger partial charge in [0.2, 0.25) is 0 Å². The van der Waals surface area contributed by atoms with Crippen molar-refractivity contribution in [2.24, 2.45) is 5.92 Å². The van der Waals surface area contributed by atoms with Crippen LogP contribution in [0.25, 0.3) is 0 Å². The van der Waals surface area contributed by atoms with Crippen molar-refractivity contribution in [2.75, 3.05) is 39.6 Å². The fourth-order valence-electron chi connectivity index (χ4n) is 2.90. The van der Waals surface area contributed by atoms with Crippen LogP contribution in [0.5, 0.6) is 0 Å². The summed E-state index contributed by atoms with van der Waals surface area (Å²) in [4.78, 5) is 45.9. The van der Waals surface area contributed by atoms with Crippen LogP contribution in [0.4, 0.5) is 0 Å². The lowest BCUT2D eigenvalue weighted by Crippen LogP contribution is -2.24. The van der Waals surface area contributed by atoms with E-state index in [1.54, 1.807) is 0 Å². The zero-order valence-corrected chi connectivity index (χ0v) is 22.6. The zero-order chi connectivity index (χ0) is 27.7. The maximum atomic E-state index is 11.8. The van der Waals surface area contributed by atoms with Gasteiger partial charge in [-0.15, -0.1) is 0 Å². The van der Waals surface area contributed by atoms with Crippen LogP contribution in [-0.4, -0.2) is 74.7 Å². The Morgan fingerprint density at radius 3 is 1.89 bits per heavy atom. The normalized spacial score (nSPS) is 12.3. The van der Waals surface area contributed by atoms with E-state index in [0.717, 1.165) is 31.8 Å². The number of aliphatic hydroxyl groups is 1. The molecule has 0 fully saturated rings. The summed E-state index contributed by atoms with van der Waals surface area (Å²) < 4.78 is 25.5. The first-order valence-electron chi connectivity index (χ1n) is 13.3. The summed E-state index contributed by atoms with van der Waals surface area (Å²) in [6.45, 7) is 8.39. The van der Waals surface area contributed by atoms with Crippen molar-refractivity contribution in [3.8, 4) is 0 Å².